The normalized spacial score (nSPS) is 16.6. The fourth-order valence-electron chi connectivity index (χ4n) is 11.2. The SMILES string of the molecule is Cc1cc(N(c2cccc(-c3cc4ccccc4o3)c2)c2cccc(-c3cc4ccccc4o3)c2)c(Cl)c(N(c2ccc3c(c2)C(C)(C)CCC3(C)C)c2ccc3c(c2)C(C)(C)CCC3(C)C)c1. The minimum Gasteiger partial charge on any atom is -0.456 e. The average molecular weight is 914 g/mol. The average Bonchev–Trinajstić information content (AvgIpc) is 3.97. The predicted molar refractivity (Wildman–Crippen MR) is 287 cm³/mol. The molecule has 342 valence electrons. The first-order valence-electron chi connectivity index (χ1n) is 24.3. The van der Waals surface area contributed by atoms with Crippen molar-refractivity contribution in [3.63, 3.8) is 0 Å². The molecule has 5 heteroatoms. The molecular formula is C63H61ClN2O2. The number of furan rings is 2. The number of halogens is 1. The monoisotopic (exact) mass is 912 g/mol. The van der Waals surface area contributed by atoms with Crippen molar-refractivity contribution in [3.8, 4) is 22.6 Å². The van der Waals surface area contributed by atoms with Crippen LogP contribution in [0, 0.1) is 6.92 Å². The first kappa shape index (κ1) is 44.0. The summed E-state index contributed by atoms with van der Waals surface area (Å²) in [6, 6.07) is 56.7. The van der Waals surface area contributed by atoms with E-state index in [-0.39, 0.29) is 21.7 Å². The molecule has 11 rings (SSSR count). The maximum Gasteiger partial charge on any atom is 0.135 e. The van der Waals surface area contributed by atoms with Crippen LogP contribution in [0.3, 0.4) is 0 Å². The summed E-state index contributed by atoms with van der Waals surface area (Å²) < 4.78 is 12.9. The van der Waals surface area contributed by atoms with Gasteiger partial charge in [0.1, 0.15) is 22.7 Å². The lowest BCUT2D eigenvalue weighted by molar-refractivity contribution is 0.332. The predicted octanol–water partition coefficient (Wildman–Crippen LogP) is 19.1. The molecular weight excluding hydrogens is 852 g/mol. The first-order chi connectivity index (χ1) is 32.5. The number of para-hydroxylation sites is 2. The molecule has 2 aliphatic carbocycles. The van der Waals surface area contributed by atoms with E-state index in [0.717, 1.165) is 110 Å². The van der Waals surface area contributed by atoms with Gasteiger partial charge in [-0.1, -0.05) is 140 Å². The summed E-state index contributed by atoms with van der Waals surface area (Å²) >= 11 is 8.16. The molecule has 0 bridgehead atoms. The molecule has 2 aromatic heterocycles. The van der Waals surface area contributed by atoms with Gasteiger partial charge in [-0.3, -0.25) is 0 Å². The van der Waals surface area contributed by atoms with Crippen LogP contribution in [0.25, 0.3) is 44.6 Å². The maximum absolute atomic E-state index is 8.16. The van der Waals surface area contributed by atoms with Gasteiger partial charge in [-0.05, 0) is 167 Å². The van der Waals surface area contributed by atoms with Crippen molar-refractivity contribution in [3.05, 3.63) is 191 Å². The zero-order valence-corrected chi connectivity index (χ0v) is 41.7. The van der Waals surface area contributed by atoms with Crippen molar-refractivity contribution in [1.82, 2.24) is 0 Å². The number of aryl methyl sites for hydroxylation is 1. The highest BCUT2D eigenvalue weighted by atomic mass is 35.5. The van der Waals surface area contributed by atoms with Gasteiger partial charge in [0.25, 0.3) is 0 Å². The summed E-state index contributed by atoms with van der Waals surface area (Å²) in [5, 5.41) is 2.78. The zero-order chi connectivity index (χ0) is 47.3. The molecule has 2 aliphatic rings. The van der Waals surface area contributed by atoms with E-state index in [1.54, 1.807) is 0 Å². The molecule has 7 aromatic carbocycles. The van der Waals surface area contributed by atoms with Gasteiger partial charge in [0.2, 0.25) is 0 Å². The number of fused-ring (bicyclic) bond motifs is 4. The van der Waals surface area contributed by atoms with E-state index in [1.165, 1.54) is 22.3 Å². The number of benzene rings is 7. The molecule has 0 saturated heterocycles. The van der Waals surface area contributed by atoms with Crippen LogP contribution in [0.15, 0.2) is 167 Å². The van der Waals surface area contributed by atoms with Gasteiger partial charge in [0, 0.05) is 44.6 Å². The molecule has 2 heterocycles. The molecule has 0 fully saturated rings. The molecule has 0 aliphatic heterocycles. The Bertz CT molecular complexity index is 3150. The number of hydrogen-bond donors (Lipinski definition) is 0. The molecule has 68 heavy (non-hydrogen) atoms. The maximum atomic E-state index is 8.16. The molecule has 0 N–H and O–H groups in total. The molecule has 0 saturated carbocycles. The highest BCUT2D eigenvalue weighted by molar-refractivity contribution is 6.36. The minimum atomic E-state index is 0.0163. The van der Waals surface area contributed by atoms with Crippen LogP contribution in [0.5, 0.6) is 0 Å². The van der Waals surface area contributed by atoms with E-state index in [2.05, 4.69) is 193 Å². The number of nitrogens with zero attached hydrogens (tertiary/aromatic N) is 2. The van der Waals surface area contributed by atoms with Crippen molar-refractivity contribution < 1.29 is 8.83 Å². The Morgan fingerprint density at radius 1 is 0.397 bits per heavy atom. The van der Waals surface area contributed by atoms with E-state index in [4.69, 9.17) is 20.4 Å². The van der Waals surface area contributed by atoms with E-state index >= 15 is 0 Å². The van der Waals surface area contributed by atoms with E-state index in [0.29, 0.717) is 5.02 Å². The number of hydrogen-bond acceptors (Lipinski definition) is 4. The molecule has 4 nitrogen and oxygen atoms in total. The van der Waals surface area contributed by atoms with Crippen molar-refractivity contribution in [2.75, 3.05) is 9.80 Å². The van der Waals surface area contributed by atoms with Gasteiger partial charge in [0.05, 0.1) is 16.4 Å². The van der Waals surface area contributed by atoms with Crippen LogP contribution in [-0.4, -0.2) is 0 Å². The smallest absolute Gasteiger partial charge is 0.135 e. The highest BCUT2D eigenvalue weighted by Gasteiger charge is 2.40. The van der Waals surface area contributed by atoms with Crippen LogP contribution >= 0.6 is 11.6 Å². The third kappa shape index (κ3) is 7.62. The third-order valence-electron chi connectivity index (χ3n) is 15.5. The standard InChI is InChI=1S/C63H61ClN2O2/c1-40-32-53(65(45-20-14-18-41(34-45)57-36-43-16-10-12-22-55(43)67-57)46-21-15-19-42(35-46)58-37-44-17-11-13-23-56(44)68-58)59(64)54(33-40)66(47-24-26-49-51(38-47)62(6,7)30-28-60(49,2)3)48-25-27-50-52(39-48)63(8,9)31-29-61(50,4)5/h10-27,32-39H,28-31H2,1-9H3. The Hall–Kier alpha value is -6.49. The minimum absolute atomic E-state index is 0.0163. The largest absolute Gasteiger partial charge is 0.456 e. The Balaban J connectivity index is 1.14. The summed E-state index contributed by atoms with van der Waals surface area (Å²) in [6.07, 6.45) is 4.57. The molecule has 0 unspecified atom stereocenters. The lowest BCUT2D eigenvalue weighted by Crippen LogP contribution is -2.34. The van der Waals surface area contributed by atoms with Gasteiger partial charge >= 0.3 is 0 Å². The van der Waals surface area contributed by atoms with Crippen LogP contribution in [-0.2, 0) is 21.7 Å². The summed E-state index contributed by atoms with van der Waals surface area (Å²) in [4.78, 5) is 4.73. The van der Waals surface area contributed by atoms with Gasteiger partial charge in [-0.25, -0.2) is 0 Å². The fourth-order valence-corrected chi connectivity index (χ4v) is 11.5. The summed E-state index contributed by atoms with van der Waals surface area (Å²) in [5.41, 5.74) is 16.5. The lowest BCUT2D eigenvalue weighted by Gasteiger charge is -2.43. The van der Waals surface area contributed by atoms with E-state index < -0.39 is 0 Å². The topological polar surface area (TPSA) is 32.8 Å². The Labute approximate surface area is 407 Å². The van der Waals surface area contributed by atoms with Gasteiger partial charge in [-0.2, -0.15) is 0 Å². The second-order valence-electron chi connectivity index (χ2n) is 22.2. The van der Waals surface area contributed by atoms with Crippen molar-refractivity contribution >= 4 is 67.7 Å². The Morgan fingerprint density at radius 2 is 0.779 bits per heavy atom. The highest BCUT2D eigenvalue weighted by Crippen LogP contribution is 2.53. The molecule has 0 amide bonds. The Morgan fingerprint density at radius 3 is 1.19 bits per heavy atom. The van der Waals surface area contributed by atoms with E-state index in [9.17, 15) is 0 Å². The zero-order valence-electron chi connectivity index (χ0n) is 40.9. The number of anilines is 6. The molecule has 0 atom stereocenters. The molecule has 0 spiro atoms. The molecule has 0 radical (unpaired) electrons. The van der Waals surface area contributed by atoms with Crippen LogP contribution in [0.1, 0.15) is 109 Å². The van der Waals surface area contributed by atoms with Crippen molar-refractivity contribution in [2.24, 2.45) is 0 Å². The summed E-state index contributed by atoms with van der Waals surface area (Å²) in [5.74, 6) is 1.62. The summed E-state index contributed by atoms with van der Waals surface area (Å²) in [7, 11) is 0. The van der Waals surface area contributed by atoms with E-state index in [1.807, 2.05) is 36.4 Å². The fraction of sp³-hybridized carbons (Fsp3) is 0.270. The second kappa shape index (κ2) is 16.1. The third-order valence-corrected chi connectivity index (χ3v) is 15.9. The van der Waals surface area contributed by atoms with Crippen molar-refractivity contribution in [1.29, 1.82) is 0 Å². The van der Waals surface area contributed by atoms with Crippen LogP contribution in [0.4, 0.5) is 34.1 Å². The first-order valence-corrected chi connectivity index (χ1v) is 24.7. The quantitative estimate of drug-likeness (QED) is 0.152. The lowest BCUT2D eigenvalue weighted by atomic mass is 9.63. The van der Waals surface area contributed by atoms with Gasteiger partial charge < -0.3 is 18.6 Å². The number of rotatable bonds is 8. The Kier molecular flexibility index (Phi) is 10.4. The van der Waals surface area contributed by atoms with Crippen LogP contribution in [0.2, 0.25) is 5.02 Å². The van der Waals surface area contributed by atoms with Crippen molar-refractivity contribution in [2.45, 2.75) is 110 Å². The summed E-state index contributed by atoms with van der Waals surface area (Å²) in [6.45, 7) is 21.4. The van der Waals surface area contributed by atoms with Gasteiger partial charge in [0.15, 0.2) is 0 Å². The van der Waals surface area contributed by atoms with Gasteiger partial charge in [-0.15, -0.1) is 0 Å². The second-order valence-corrected chi connectivity index (χ2v) is 22.6. The van der Waals surface area contributed by atoms with Crippen LogP contribution < -0.4 is 9.80 Å². The molecule has 9 aromatic rings.